The Morgan fingerprint density at radius 3 is 2.25 bits per heavy atom. The van der Waals surface area contributed by atoms with Crippen molar-refractivity contribution in [2.24, 2.45) is 5.73 Å². The summed E-state index contributed by atoms with van der Waals surface area (Å²) in [6.45, 7) is -2.58. The summed E-state index contributed by atoms with van der Waals surface area (Å²) >= 11 is 0. The highest BCUT2D eigenvalue weighted by Gasteiger charge is 2.32. The van der Waals surface area contributed by atoms with Crippen molar-refractivity contribution in [2.45, 2.75) is 44.1 Å². The van der Waals surface area contributed by atoms with E-state index in [1.165, 1.54) is 0 Å². The van der Waals surface area contributed by atoms with E-state index in [2.05, 4.69) is 10.1 Å². The van der Waals surface area contributed by atoms with Crippen molar-refractivity contribution in [2.75, 3.05) is 19.8 Å². The standard InChI is InChI=1S/C17H20F6N2O3/c18-16(19,20)8-27-12-6-10(5-11-3-1-2-4-25-11)14(13(7-12)15(24)26)28-9-17(21,22)23/h6-7,11,25H,1-5,8-9H2,(H2,24,26). The molecule has 0 saturated carbocycles. The fourth-order valence-corrected chi connectivity index (χ4v) is 2.93. The average Bonchev–Trinajstić information content (AvgIpc) is 2.58. The molecule has 0 bridgehead atoms. The van der Waals surface area contributed by atoms with E-state index >= 15 is 0 Å². The van der Waals surface area contributed by atoms with Gasteiger partial charge in [0.15, 0.2) is 13.2 Å². The van der Waals surface area contributed by atoms with Crippen LogP contribution in [0.1, 0.15) is 35.2 Å². The number of primary amides is 1. The number of hydrogen-bond acceptors (Lipinski definition) is 4. The quantitative estimate of drug-likeness (QED) is 0.672. The minimum Gasteiger partial charge on any atom is -0.484 e. The van der Waals surface area contributed by atoms with Gasteiger partial charge in [0.2, 0.25) is 0 Å². The molecule has 0 radical (unpaired) electrons. The summed E-state index contributed by atoms with van der Waals surface area (Å²) < 4.78 is 84.5. The summed E-state index contributed by atoms with van der Waals surface area (Å²) in [4.78, 5) is 11.7. The van der Waals surface area contributed by atoms with E-state index in [0.29, 0.717) is 6.54 Å². The largest absolute Gasteiger partial charge is 0.484 e. The molecule has 158 valence electrons. The molecule has 1 fully saturated rings. The Morgan fingerprint density at radius 2 is 1.71 bits per heavy atom. The van der Waals surface area contributed by atoms with Gasteiger partial charge in [0, 0.05) is 11.6 Å². The van der Waals surface area contributed by atoms with Crippen LogP contribution in [0.5, 0.6) is 11.5 Å². The van der Waals surface area contributed by atoms with Gasteiger partial charge in [-0.1, -0.05) is 6.42 Å². The molecule has 1 aliphatic heterocycles. The van der Waals surface area contributed by atoms with Crippen molar-refractivity contribution in [3.05, 3.63) is 23.3 Å². The van der Waals surface area contributed by atoms with E-state index in [0.717, 1.165) is 31.4 Å². The zero-order valence-electron chi connectivity index (χ0n) is 14.8. The van der Waals surface area contributed by atoms with E-state index in [9.17, 15) is 31.1 Å². The maximum absolute atomic E-state index is 12.6. The van der Waals surface area contributed by atoms with Crippen LogP contribution in [0.3, 0.4) is 0 Å². The Hall–Kier alpha value is -2.17. The number of nitrogens with one attached hydrogen (secondary N) is 1. The van der Waals surface area contributed by atoms with Crippen LogP contribution in [0.4, 0.5) is 26.3 Å². The lowest BCUT2D eigenvalue weighted by Gasteiger charge is -2.25. The lowest BCUT2D eigenvalue weighted by Crippen LogP contribution is -2.36. The minimum atomic E-state index is -4.67. The first-order valence-electron chi connectivity index (χ1n) is 8.54. The lowest BCUT2D eigenvalue weighted by molar-refractivity contribution is -0.154. The number of halogens is 6. The molecule has 28 heavy (non-hydrogen) atoms. The normalized spacial score (nSPS) is 18.0. The van der Waals surface area contributed by atoms with Crippen LogP contribution in [0.25, 0.3) is 0 Å². The number of nitrogens with two attached hydrogens (primary N) is 1. The first kappa shape index (κ1) is 22.1. The van der Waals surface area contributed by atoms with Crippen LogP contribution >= 0.6 is 0 Å². The molecule has 11 heteroatoms. The van der Waals surface area contributed by atoms with E-state index in [1.807, 2.05) is 0 Å². The molecule has 5 nitrogen and oxygen atoms in total. The summed E-state index contributed by atoms with van der Waals surface area (Å²) in [6, 6.07) is 1.89. The SMILES string of the molecule is NC(=O)c1cc(OCC(F)(F)F)cc(CC2CCCCN2)c1OCC(F)(F)F. The molecule has 1 heterocycles. The van der Waals surface area contributed by atoms with Crippen molar-refractivity contribution < 1.29 is 40.6 Å². The summed E-state index contributed by atoms with van der Waals surface area (Å²) in [5, 5.41) is 3.18. The first-order valence-corrected chi connectivity index (χ1v) is 8.54. The third kappa shape index (κ3) is 7.10. The number of rotatable bonds is 7. The van der Waals surface area contributed by atoms with Crippen LogP contribution in [-0.2, 0) is 6.42 Å². The number of amides is 1. The third-order valence-corrected chi connectivity index (χ3v) is 4.07. The number of piperidine rings is 1. The van der Waals surface area contributed by atoms with Gasteiger partial charge >= 0.3 is 12.4 Å². The number of benzene rings is 1. The van der Waals surface area contributed by atoms with Gasteiger partial charge in [0.25, 0.3) is 5.91 Å². The fraction of sp³-hybridized carbons (Fsp3) is 0.588. The molecule has 0 aromatic heterocycles. The van der Waals surface area contributed by atoms with Gasteiger partial charge in [-0.25, -0.2) is 0 Å². The van der Waals surface area contributed by atoms with Gasteiger partial charge in [-0.15, -0.1) is 0 Å². The Balaban J connectivity index is 2.37. The molecule has 3 N–H and O–H groups in total. The Morgan fingerprint density at radius 1 is 1.07 bits per heavy atom. The van der Waals surface area contributed by atoms with Crippen molar-refractivity contribution in [1.29, 1.82) is 0 Å². The predicted octanol–water partition coefficient (Wildman–Crippen LogP) is 3.35. The van der Waals surface area contributed by atoms with Gasteiger partial charge in [0.1, 0.15) is 11.5 Å². The second-order valence-corrected chi connectivity index (χ2v) is 6.48. The second-order valence-electron chi connectivity index (χ2n) is 6.48. The van der Waals surface area contributed by atoms with Crippen molar-refractivity contribution in [1.82, 2.24) is 5.32 Å². The molecule has 1 saturated heterocycles. The molecule has 0 aliphatic carbocycles. The van der Waals surface area contributed by atoms with E-state index in [-0.39, 0.29) is 23.8 Å². The number of carbonyl (C=O) groups excluding carboxylic acids is 1. The summed E-state index contributed by atoms with van der Waals surface area (Å²) in [6.07, 6.45) is -6.59. The number of carbonyl (C=O) groups is 1. The Labute approximate surface area is 157 Å². The van der Waals surface area contributed by atoms with E-state index < -0.39 is 42.8 Å². The van der Waals surface area contributed by atoms with Gasteiger partial charge in [-0.2, -0.15) is 26.3 Å². The maximum atomic E-state index is 12.6. The highest BCUT2D eigenvalue weighted by Crippen LogP contribution is 2.33. The van der Waals surface area contributed by atoms with Crippen molar-refractivity contribution >= 4 is 5.91 Å². The van der Waals surface area contributed by atoms with Crippen molar-refractivity contribution in [3.63, 3.8) is 0 Å². The highest BCUT2D eigenvalue weighted by molar-refractivity contribution is 5.96. The number of hydrogen-bond donors (Lipinski definition) is 2. The van der Waals surface area contributed by atoms with Crippen LogP contribution < -0.4 is 20.5 Å². The summed E-state index contributed by atoms with van der Waals surface area (Å²) in [7, 11) is 0. The molecular weight excluding hydrogens is 394 g/mol. The van der Waals surface area contributed by atoms with Crippen molar-refractivity contribution in [3.8, 4) is 11.5 Å². The molecular formula is C17H20F6N2O3. The molecule has 1 unspecified atom stereocenters. The smallest absolute Gasteiger partial charge is 0.422 e. The minimum absolute atomic E-state index is 0.122. The van der Waals surface area contributed by atoms with E-state index in [4.69, 9.17) is 10.5 Å². The molecule has 1 aromatic carbocycles. The van der Waals surface area contributed by atoms with Crippen LogP contribution in [0.2, 0.25) is 0 Å². The summed E-state index contributed by atoms with van der Waals surface area (Å²) in [5.74, 6) is -1.85. The Bertz CT molecular complexity index is 685. The summed E-state index contributed by atoms with van der Waals surface area (Å²) in [5.41, 5.74) is 4.87. The topological polar surface area (TPSA) is 73.6 Å². The molecule has 2 rings (SSSR count). The zero-order valence-corrected chi connectivity index (χ0v) is 14.8. The van der Waals surface area contributed by atoms with Gasteiger partial charge < -0.3 is 20.5 Å². The number of ether oxygens (including phenoxy) is 2. The predicted molar refractivity (Wildman–Crippen MR) is 87.4 cm³/mol. The lowest BCUT2D eigenvalue weighted by atomic mass is 9.95. The molecule has 1 amide bonds. The van der Waals surface area contributed by atoms with E-state index in [1.54, 1.807) is 0 Å². The van der Waals surface area contributed by atoms with Crippen LogP contribution in [-0.4, -0.2) is 44.1 Å². The average molecular weight is 414 g/mol. The van der Waals surface area contributed by atoms with Gasteiger partial charge in [-0.3, -0.25) is 4.79 Å². The maximum Gasteiger partial charge on any atom is 0.422 e. The van der Waals surface area contributed by atoms with Gasteiger partial charge in [-0.05, 0) is 37.9 Å². The molecule has 0 spiro atoms. The number of alkyl halides is 6. The monoisotopic (exact) mass is 414 g/mol. The zero-order chi connectivity index (χ0) is 20.9. The fourth-order valence-electron chi connectivity index (χ4n) is 2.93. The van der Waals surface area contributed by atoms with Gasteiger partial charge in [0.05, 0.1) is 5.56 Å². The Kier molecular flexibility index (Phi) is 7.02. The van der Waals surface area contributed by atoms with Crippen LogP contribution in [0.15, 0.2) is 12.1 Å². The van der Waals surface area contributed by atoms with Crippen LogP contribution in [0, 0.1) is 0 Å². The molecule has 1 aromatic rings. The molecule has 1 atom stereocenters. The molecule has 1 aliphatic rings. The third-order valence-electron chi connectivity index (χ3n) is 4.07. The highest BCUT2D eigenvalue weighted by atomic mass is 19.4. The first-order chi connectivity index (χ1) is 12.9. The second kappa shape index (κ2) is 8.89.